The highest BCUT2D eigenvalue weighted by atomic mass is 16.1. The van der Waals surface area contributed by atoms with Crippen molar-refractivity contribution in [1.29, 1.82) is 0 Å². The Bertz CT molecular complexity index is 406. The van der Waals surface area contributed by atoms with Crippen molar-refractivity contribution < 1.29 is 4.79 Å². The second-order valence-corrected chi connectivity index (χ2v) is 5.71. The Kier molecular flexibility index (Phi) is 5.90. The molecule has 2 rings (SSSR count). The van der Waals surface area contributed by atoms with Crippen molar-refractivity contribution in [1.82, 2.24) is 0 Å². The summed E-state index contributed by atoms with van der Waals surface area (Å²) in [6.07, 6.45) is 9.44. The van der Waals surface area contributed by atoms with Crippen LogP contribution in [0.25, 0.3) is 0 Å². The summed E-state index contributed by atoms with van der Waals surface area (Å²) in [5.74, 6) is 0.0944. The molecule has 20 heavy (non-hydrogen) atoms. The highest BCUT2D eigenvalue weighted by molar-refractivity contribution is 5.90. The molecule has 0 spiro atoms. The Balaban J connectivity index is 1.85. The van der Waals surface area contributed by atoms with Gasteiger partial charge in [-0.15, -0.1) is 0 Å². The molecule has 1 aromatic carbocycles. The number of hydrogen-bond donors (Lipinski definition) is 2. The lowest BCUT2D eigenvalue weighted by Gasteiger charge is -2.18. The van der Waals surface area contributed by atoms with Crippen LogP contribution in [0.3, 0.4) is 0 Å². The van der Waals surface area contributed by atoms with Gasteiger partial charge in [-0.25, -0.2) is 0 Å². The topological polar surface area (TPSA) is 41.1 Å². The average molecular weight is 274 g/mol. The van der Waals surface area contributed by atoms with Crippen molar-refractivity contribution in [3.05, 3.63) is 24.3 Å². The van der Waals surface area contributed by atoms with Gasteiger partial charge >= 0.3 is 0 Å². The van der Waals surface area contributed by atoms with Gasteiger partial charge in [0.25, 0.3) is 0 Å². The third kappa shape index (κ3) is 4.87. The van der Waals surface area contributed by atoms with E-state index in [0.717, 1.165) is 17.8 Å². The molecule has 110 valence electrons. The fourth-order valence-electron chi connectivity index (χ4n) is 2.76. The van der Waals surface area contributed by atoms with Gasteiger partial charge in [-0.1, -0.05) is 32.6 Å². The summed E-state index contributed by atoms with van der Waals surface area (Å²) in [7, 11) is 0. The SMILES string of the molecule is CCCC(=O)Nc1ccc(NC2CCCCCC2)cc1. The molecule has 1 aliphatic carbocycles. The Morgan fingerprint density at radius 2 is 1.65 bits per heavy atom. The van der Waals surface area contributed by atoms with Gasteiger partial charge in [-0.3, -0.25) is 4.79 Å². The van der Waals surface area contributed by atoms with Gasteiger partial charge in [0.2, 0.25) is 5.91 Å². The molecule has 0 saturated heterocycles. The number of carbonyl (C=O) groups is 1. The van der Waals surface area contributed by atoms with Crippen LogP contribution in [0.4, 0.5) is 11.4 Å². The van der Waals surface area contributed by atoms with Crippen molar-refractivity contribution >= 4 is 17.3 Å². The molecular formula is C17H26N2O. The monoisotopic (exact) mass is 274 g/mol. The first kappa shape index (κ1) is 14.9. The molecule has 3 heteroatoms. The van der Waals surface area contributed by atoms with Crippen LogP contribution in [0.1, 0.15) is 58.3 Å². The van der Waals surface area contributed by atoms with E-state index in [9.17, 15) is 4.79 Å². The van der Waals surface area contributed by atoms with E-state index >= 15 is 0 Å². The van der Waals surface area contributed by atoms with E-state index < -0.39 is 0 Å². The molecular weight excluding hydrogens is 248 g/mol. The van der Waals surface area contributed by atoms with Crippen LogP contribution < -0.4 is 10.6 Å². The van der Waals surface area contributed by atoms with Gasteiger partial charge < -0.3 is 10.6 Å². The number of benzene rings is 1. The summed E-state index contributed by atoms with van der Waals surface area (Å²) in [5, 5.41) is 6.53. The first-order valence-electron chi connectivity index (χ1n) is 7.94. The van der Waals surface area contributed by atoms with Crippen LogP contribution in [0.2, 0.25) is 0 Å². The molecule has 1 saturated carbocycles. The highest BCUT2D eigenvalue weighted by Gasteiger charge is 2.11. The Morgan fingerprint density at radius 3 is 2.25 bits per heavy atom. The second-order valence-electron chi connectivity index (χ2n) is 5.71. The molecule has 0 aliphatic heterocycles. The van der Waals surface area contributed by atoms with E-state index in [-0.39, 0.29) is 5.91 Å². The van der Waals surface area contributed by atoms with Crippen LogP contribution in [-0.4, -0.2) is 11.9 Å². The molecule has 3 nitrogen and oxygen atoms in total. The van der Waals surface area contributed by atoms with Gasteiger partial charge in [0.1, 0.15) is 0 Å². The maximum Gasteiger partial charge on any atom is 0.224 e. The maximum atomic E-state index is 11.5. The molecule has 1 aliphatic rings. The van der Waals surface area contributed by atoms with Crippen molar-refractivity contribution in [2.45, 2.75) is 64.3 Å². The van der Waals surface area contributed by atoms with Crippen molar-refractivity contribution in [2.75, 3.05) is 10.6 Å². The van der Waals surface area contributed by atoms with Crippen molar-refractivity contribution in [2.24, 2.45) is 0 Å². The molecule has 0 heterocycles. The molecule has 0 radical (unpaired) electrons. The van der Waals surface area contributed by atoms with Crippen molar-refractivity contribution in [3.8, 4) is 0 Å². The standard InChI is InChI=1S/C17H26N2O/c1-2-7-17(20)19-16-12-10-15(11-13-16)18-14-8-5-3-4-6-9-14/h10-14,18H,2-9H2,1H3,(H,19,20). The van der Waals surface area contributed by atoms with E-state index in [0.29, 0.717) is 12.5 Å². The molecule has 0 unspecified atom stereocenters. The largest absolute Gasteiger partial charge is 0.382 e. The molecule has 1 fully saturated rings. The Labute approximate surface area is 122 Å². The lowest BCUT2D eigenvalue weighted by atomic mass is 10.1. The third-order valence-electron chi connectivity index (χ3n) is 3.87. The van der Waals surface area contributed by atoms with Crippen LogP contribution in [0, 0.1) is 0 Å². The molecule has 1 aromatic rings. The van der Waals surface area contributed by atoms with Crippen LogP contribution in [-0.2, 0) is 4.79 Å². The van der Waals surface area contributed by atoms with Gasteiger partial charge in [0.15, 0.2) is 0 Å². The van der Waals surface area contributed by atoms with Gasteiger partial charge in [-0.05, 0) is 43.5 Å². The highest BCUT2D eigenvalue weighted by Crippen LogP contribution is 2.22. The third-order valence-corrected chi connectivity index (χ3v) is 3.87. The van der Waals surface area contributed by atoms with E-state index in [1.165, 1.54) is 38.5 Å². The average Bonchev–Trinajstić information content (AvgIpc) is 2.70. The summed E-state index contributed by atoms with van der Waals surface area (Å²) in [6, 6.07) is 8.69. The summed E-state index contributed by atoms with van der Waals surface area (Å²) >= 11 is 0. The normalized spacial score (nSPS) is 16.4. The van der Waals surface area contributed by atoms with E-state index in [2.05, 4.69) is 22.8 Å². The molecule has 0 aromatic heterocycles. The Morgan fingerprint density at radius 1 is 1.05 bits per heavy atom. The predicted molar refractivity (Wildman–Crippen MR) is 85.1 cm³/mol. The minimum Gasteiger partial charge on any atom is -0.382 e. The summed E-state index contributed by atoms with van der Waals surface area (Å²) < 4.78 is 0. The molecule has 1 amide bonds. The first-order valence-corrected chi connectivity index (χ1v) is 7.94. The zero-order valence-electron chi connectivity index (χ0n) is 12.5. The smallest absolute Gasteiger partial charge is 0.224 e. The number of carbonyl (C=O) groups excluding carboxylic acids is 1. The zero-order valence-corrected chi connectivity index (χ0v) is 12.5. The molecule has 2 N–H and O–H groups in total. The van der Waals surface area contributed by atoms with Gasteiger partial charge in [-0.2, -0.15) is 0 Å². The summed E-state index contributed by atoms with van der Waals surface area (Å²) in [6.45, 7) is 2.01. The number of amides is 1. The molecule has 0 bridgehead atoms. The van der Waals surface area contributed by atoms with Gasteiger partial charge in [0.05, 0.1) is 0 Å². The minimum atomic E-state index is 0.0944. The van der Waals surface area contributed by atoms with E-state index in [4.69, 9.17) is 0 Å². The molecule has 0 atom stereocenters. The quantitative estimate of drug-likeness (QED) is 0.773. The summed E-state index contributed by atoms with van der Waals surface area (Å²) in [5.41, 5.74) is 2.04. The van der Waals surface area contributed by atoms with Crippen LogP contribution in [0.15, 0.2) is 24.3 Å². The summed E-state index contributed by atoms with van der Waals surface area (Å²) in [4.78, 5) is 11.5. The predicted octanol–water partition coefficient (Wildman–Crippen LogP) is 4.56. The number of nitrogens with one attached hydrogen (secondary N) is 2. The lowest BCUT2D eigenvalue weighted by Crippen LogP contribution is -2.18. The fourth-order valence-corrected chi connectivity index (χ4v) is 2.76. The number of rotatable bonds is 5. The van der Waals surface area contributed by atoms with Crippen LogP contribution >= 0.6 is 0 Å². The number of hydrogen-bond acceptors (Lipinski definition) is 2. The van der Waals surface area contributed by atoms with Crippen molar-refractivity contribution in [3.63, 3.8) is 0 Å². The fraction of sp³-hybridized carbons (Fsp3) is 0.588. The van der Waals surface area contributed by atoms with Crippen LogP contribution in [0.5, 0.6) is 0 Å². The Hall–Kier alpha value is -1.51. The maximum absolute atomic E-state index is 11.5. The van der Waals surface area contributed by atoms with E-state index in [1.807, 2.05) is 19.1 Å². The minimum absolute atomic E-state index is 0.0944. The van der Waals surface area contributed by atoms with Gasteiger partial charge in [0, 0.05) is 23.8 Å². The lowest BCUT2D eigenvalue weighted by molar-refractivity contribution is -0.116. The zero-order chi connectivity index (χ0) is 14.2. The number of anilines is 2. The first-order chi connectivity index (χ1) is 9.78. The second kappa shape index (κ2) is 7.93. The van der Waals surface area contributed by atoms with E-state index in [1.54, 1.807) is 0 Å².